The molecule has 0 bridgehead atoms. The number of hydrogen-bond donors (Lipinski definition) is 0. The third-order valence-corrected chi connectivity index (χ3v) is 4.17. The van der Waals surface area contributed by atoms with E-state index in [1.165, 1.54) is 17.5 Å². The molecule has 0 N–H and O–H groups in total. The molecule has 0 unspecified atom stereocenters. The molecular formula is C17H20N4O2. The van der Waals surface area contributed by atoms with Crippen molar-refractivity contribution >= 4 is 11.5 Å². The maximum absolute atomic E-state index is 12.5. The lowest BCUT2D eigenvalue weighted by Crippen LogP contribution is -2.39. The van der Waals surface area contributed by atoms with Gasteiger partial charge in [-0.25, -0.2) is 9.67 Å². The Morgan fingerprint density at radius 1 is 1.30 bits per heavy atom. The summed E-state index contributed by atoms with van der Waals surface area (Å²) in [5.41, 5.74) is 2.45. The van der Waals surface area contributed by atoms with Gasteiger partial charge < -0.3 is 9.64 Å². The number of amides is 1. The number of methoxy groups -OCH3 is 1. The van der Waals surface area contributed by atoms with Crippen molar-refractivity contribution in [3.8, 4) is 5.75 Å². The van der Waals surface area contributed by atoms with Crippen molar-refractivity contribution in [3.63, 3.8) is 0 Å². The van der Waals surface area contributed by atoms with Gasteiger partial charge in [0.15, 0.2) is 0 Å². The monoisotopic (exact) mass is 312 g/mol. The summed E-state index contributed by atoms with van der Waals surface area (Å²) in [5.74, 6) is 0.921. The quantitative estimate of drug-likeness (QED) is 0.868. The number of carbonyl (C=O) groups excluding carboxylic acids is 1. The van der Waals surface area contributed by atoms with E-state index in [1.807, 2.05) is 24.0 Å². The lowest BCUT2D eigenvalue weighted by Gasteiger charge is -2.29. The minimum absolute atomic E-state index is 0.0699. The summed E-state index contributed by atoms with van der Waals surface area (Å²) in [5, 5.41) is 4.04. The van der Waals surface area contributed by atoms with Crippen LogP contribution in [0.2, 0.25) is 0 Å². The summed E-state index contributed by atoms with van der Waals surface area (Å²) in [6, 6.07) is 7.70. The Morgan fingerprint density at radius 3 is 2.65 bits per heavy atom. The normalized spacial score (nSPS) is 15.9. The zero-order valence-corrected chi connectivity index (χ0v) is 13.3. The minimum atomic E-state index is -0.326. The van der Waals surface area contributed by atoms with Gasteiger partial charge in [0, 0.05) is 13.1 Å². The average molecular weight is 312 g/mol. The van der Waals surface area contributed by atoms with Gasteiger partial charge in [0.2, 0.25) is 5.91 Å². The molecule has 1 aromatic heterocycles. The number of benzene rings is 1. The molecule has 0 aliphatic carbocycles. The first-order valence-electron chi connectivity index (χ1n) is 7.65. The molecule has 1 atom stereocenters. The van der Waals surface area contributed by atoms with Crippen LogP contribution in [0.5, 0.6) is 5.75 Å². The first kappa shape index (κ1) is 15.3. The molecule has 0 radical (unpaired) electrons. The van der Waals surface area contributed by atoms with E-state index in [4.69, 9.17) is 4.74 Å². The highest BCUT2D eigenvalue weighted by atomic mass is 16.5. The fourth-order valence-electron chi connectivity index (χ4n) is 2.73. The first-order chi connectivity index (χ1) is 11.2. The van der Waals surface area contributed by atoms with Crippen molar-refractivity contribution in [2.75, 3.05) is 20.2 Å². The van der Waals surface area contributed by atoms with Gasteiger partial charge >= 0.3 is 0 Å². The van der Waals surface area contributed by atoms with Crippen LogP contribution in [-0.2, 0) is 4.79 Å². The fraction of sp³-hybridized carbons (Fsp3) is 0.353. The molecule has 6 nitrogen and oxygen atoms in total. The van der Waals surface area contributed by atoms with Crippen molar-refractivity contribution in [1.29, 1.82) is 0 Å². The number of carbonyl (C=O) groups is 1. The van der Waals surface area contributed by atoms with E-state index in [9.17, 15) is 4.79 Å². The molecule has 1 amide bonds. The molecule has 1 aliphatic heterocycles. The maximum Gasteiger partial charge on any atom is 0.247 e. The van der Waals surface area contributed by atoms with E-state index < -0.39 is 0 Å². The SMILES string of the molecule is COc1ccc(C2=CCN(C(=O)[C@H](C)n3cncn3)CC2)cc1. The Hall–Kier alpha value is -2.63. The predicted octanol–water partition coefficient (Wildman–Crippen LogP) is 2.16. The number of rotatable bonds is 4. The third-order valence-electron chi connectivity index (χ3n) is 4.17. The predicted molar refractivity (Wildman–Crippen MR) is 86.9 cm³/mol. The summed E-state index contributed by atoms with van der Waals surface area (Å²) in [6.45, 7) is 3.19. The van der Waals surface area contributed by atoms with Gasteiger partial charge in [-0.15, -0.1) is 0 Å². The van der Waals surface area contributed by atoms with Gasteiger partial charge in [-0.05, 0) is 36.6 Å². The topological polar surface area (TPSA) is 60.2 Å². The maximum atomic E-state index is 12.5. The van der Waals surface area contributed by atoms with Crippen molar-refractivity contribution in [3.05, 3.63) is 48.6 Å². The van der Waals surface area contributed by atoms with Crippen molar-refractivity contribution < 1.29 is 9.53 Å². The highest BCUT2D eigenvalue weighted by molar-refractivity contribution is 5.81. The van der Waals surface area contributed by atoms with E-state index in [0.717, 1.165) is 18.7 Å². The minimum Gasteiger partial charge on any atom is -0.497 e. The van der Waals surface area contributed by atoms with Gasteiger partial charge in [-0.3, -0.25) is 4.79 Å². The molecule has 3 rings (SSSR count). The Bertz CT molecular complexity index is 692. The smallest absolute Gasteiger partial charge is 0.247 e. The molecule has 0 saturated carbocycles. The molecule has 1 aliphatic rings. The molecule has 23 heavy (non-hydrogen) atoms. The Labute approximate surface area is 135 Å². The zero-order valence-electron chi connectivity index (χ0n) is 13.3. The highest BCUT2D eigenvalue weighted by Gasteiger charge is 2.24. The van der Waals surface area contributed by atoms with Crippen LogP contribution in [-0.4, -0.2) is 45.8 Å². The number of nitrogens with zero attached hydrogens (tertiary/aromatic N) is 4. The van der Waals surface area contributed by atoms with Crippen molar-refractivity contribution in [1.82, 2.24) is 19.7 Å². The van der Waals surface area contributed by atoms with Crippen LogP contribution in [0.3, 0.4) is 0 Å². The molecule has 0 saturated heterocycles. The zero-order chi connectivity index (χ0) is 16.2. The third kappa shape index (κ3) is 3.26. The van der Waals surface area contributed by atoms with Crippen LogP contribution in [0.25, 0.3) is 5.57 Å². The molecular weight excluding hydrogens is 292 g/mol. The Kier molecular flexibility index (Phi) is 4.41. The highest BCUT2D eigenvalue weighted by Crippen LogP contribution is 2.25. The van der Waals surface area contributed by atoms with Crippen LogP contribution in [0.15, 0.2) is 43.0 Å². The second kappa shape index (κ2) is 6.64. The van der Waals surface area contributed by atoms with Gasteiger partial charge in [0.1, 0.15) is 24.4 Å². The van der Waals surface area contributed by atoms with Crippen molar-refractivity contribution in [2.45, 2.75) is 19.4 Å². The lowest BCUT2D eigenvalue weighted by atomic mass is 9.99. The van der Waals surface area contributed by atoms with E-state index in [-0.39, 0.29) is 11.9 Å². The molecule has 6 heteroatoms. The second-order valence-electron chi connectivity index (χ2n) is 5.54. The molecule has 120 valence electrons. The van der Waals surface area contributed by atoms with E-state index in [0.29, 0.717) is 6.54 Å². The summed E-state index contributed by atoms with van der Waals surface area (Å²) >= 11 is 0. The van der Waals surface area contributed by atoms with Gasteiger partial charge in [-0.2, -0.15) is 5.10 Å². The fourth-order valence-corrected chi connectivity index (χ4v) is 2.73. The molecule has 2 heterocycles. The first-order valence-corrected chi connectivity index (χ1v) is 7.65. The van der Waals surface area contributed by atoms with Crippen LogP contribution in [0, 0.1) is 0 Å². The largest absolute Gasteiger partial charge is 0.497 e. The molecule has 0 fully saturated rings. The Balaban J connectivity index is 1.66. The van der Waals surface area contributed by atoms with Crippen LogP contribution < -0.4 is 4.74 Å². The number of aromatic nitrogens is 3. The summed E-state index contributed by atoms with van der Waals surface area (Å²) in [6.07, 6.45) is 5.99. The summed E-state index contributed by atoms with van der Waals surface area (Å²) in [4.78, 5) is 18.3. The average Bonchev–Trinajstić information content (AvgIpc) is 3.15. The summed E-state index contributed by atoms with van der Waals surface area (Å²) in [7, 11) is 1.66. The Morgan fingerprint density at radius 2 is 2.09 bits per heavy atom. The van der Waals surface area contributed by atoms with Crippen LogP contribution in [0.4, 0.5) is 0 Å². The lowest BCUT2D eigenvalue weighted by molar-refractivity contribution is -0.134. The van der Waals surface area contributed by atoms with Crippen LogP contribution in [0.1, 0.15) is 24.9 Å². The summed E-state index contributed by atoms with van der Waals surface area (Å²) < 4.78 is 6.77. The molecule has 0 spiro atoms. The van der Waals surface area contributed by atoms with Crippen molar-refractivity contribution in [2.24, 2.45) is 0 Å². The van der Waals surface area contributed by atoms with Gasteiger partial charge in [-0.1, -0.05) is 18.2 Å². The van der Waals surface area contributed by atoms with E-state index >= 15 is 0 Å². The second-order valence-corrected chi connectivity index (χ2v) is 5.54. The standard InChI is InChI=1S/C17H20N4O2/c1-13(21-12-18-11-19-21)17(22)20-9-7-15(8-10-20)14-3-5-16(23-2)6-4-14/h3-7,11-13H,8-10H2,1-2H3/t13-/m0/s1. The molecule has 1 aromatic carbocycles. The van der Waals surface area contributed by atoms with E-state index in [2.05, 4.69) is 28.3 Å². The van der Waals surface area contributed by atoms with Gasteiger partial charge in [0.25, 0.3) is 0 Å². The van der Waals surface area contributed by atoms with Gasteiger partial charge in [0.05, 0.1) is 7.11 Å². The number of ether oxygens (including phenoxy) is 1. The van der Waals surface area contributed by atoms with E-state index in [1.54, 1.807) is 18.1 Å². The molecule has 2 aromatic rings. The number of hydrogen-bond acceptors (Lipinski definition) is 4. The van der Waals surface area contributed by atoms with Crippen LogP contribution >= 0.6 is 0 Å².